The van der Waals surface area contributed by atoms with Gasteiger partial charge in [-0.3, -0.25) is 10.1 Å². The van der Waals surface area contributed by atoms with E-state index in [0.29, 0.717) is 17.4 Å². The van der Waals surface area contributed by atoms with Crippen molar-refractivity contribution in [2.75, 3.05) is 11.9 Å². The highest BCUT2D eigenvalue weighted by molar-refractivity contribution is 5.96. The molecular formula is C14H17N3O3. The van der Waals surface area contributed by atoms with Crippen molar-refractivity contribution in [2.45, 2.75) is 25.9 Å². The van der Waals surface area contributed by atoms with Gasteiger partial charge in [0.25, 0.3) is 5.69 Å². The third-order valence-corrected chi connectivity index (χ3v) is 3.10. The number of pyridine rings is 1. The second-order valence-corrected chi connectivity index (χ2v) is 4.61. The van der Waals surface area contributed by atoms with Crippen LogP contribution in [0.1, 0.15) is 19.8 Å². The Morgan fingerprint density at radius 2 is 2.25 bits per heavy atom. The molecule has 6 heteroatoms. The first-order chi connectivity index (χ1) is 9.63. The number of aromatic nitrogens is 1. The van der Waals surface area contributed by atoms with Crippen LogP contribution in [-0.4, -0.2) is 27.7 Å². The molecule has 6 nitrogen and oxygen atoms in total. The molecule has 0 saturated carbocycles. The number of aliphatic hydroxyl groups is 1. The summed E-state index contributed by atoms with van der Waals surface area (Å²) >= 11 is 0. The van der Waals surface area contributed by atoms with Crippen LogP contribution in [0.15, 0.2) is 30.5 Å². The second kappa shape index (κ2) is 6.29. The summed E-state index contributed by atoms with van der Waals surface area (Å²) in [4.78, 5) is 14.6. The monoisotopic (exact) mass is 275 g/mol. The Hall–Kier alpha value is -2.21. The van der Waals surface area contributed by atoms with Crippen LogP contribution in [-0.2, 0) is 0 Å². The number of fused-ring (bicyclic) bond motifs is 1. The Balaban J connectivity index is 2.31. The van der Waals surface area contributed by atoms with Gasteiger partial charge >= 0.3 is 0 Å². The zero-order valence-corrected chi connectivity index (χ0v) is 11.2. The van der Waals surface area contributed by atoms with Gasteiger partial charge in [0.15, 0.2) is 0 Å². The lowest BCUT2D eigenvalue weighted by atomic mass is 10.1. The summed E-state index contributed by atoms with van der Waals surface area (Å²) < 4.78 is 0. The largest absolute Gasteiger partial charge is 0.391 e. The number of nitrogens with one attached hydrogen (secondary N) is 1. The molecular weight excluding hydrogens is 258 g/mol. The van der Waals surface area contributed by atoms with E-state index in [1.165, 1.54) is 12.3 Å². The quantitative estimate of drug-likeness (QED) is 0.625. The third kappa shape index (κ3) is 3.03. The maximum absolute atomic E-state index is 11.0. The van der Waals surface area contributed by atoms with Gasteiger partial charge in [-0.15, -0.1) is 0 Å². The van der Waals surface area contributed by atoms with Crippen LogP contribution < -0.4 is 5.32 Å². The van der Waals surface area contributed by atoms with Crippen molar-refractivity contribution in [3.63, 3.8) is 0 Å². The van der Waals surface area contributed by atoms with E-state index in [9.17, 15) is 15.2 Å². The number of rotatable bonds is 6. The lowest BCUT2D eigenvalue weighted by molar-refractivity contribution is -0.383. The molecule has 0 fully saturated rings. The van der Waals surface area contributed by atoms with Crippen molar-refractivity contribution < 1.29 is 10.0 Å². The summed E-state index contributed by atoms with van der Waals surface area (Å²) in [7, 11) is 0. The minimum atomic E-state index is -0.439. The van der Waals surface area contributed by atoms with Crippen LogP contribution in [0, 0.1) is 10.1 Å². The molecule has 0 radical (unpaired) electrons. The molecule has 0 bridgehead atoms. The Labute approximate surface area is 116 Å². The predicted octanol–water partition coefficient (Wildman–Crippen LogP) is 2.72. The molecule has 2 rings (SSSR count). The number of hydrogen-bond acceptors (Lipinski definition) is 5. The number of aliphatic hydroxyl groups excluding tert-OH is 1. The number of nitro benzene ring substituents is 1. The van der Waals surface area contributed by atoms with Gasteiger partial charge in [0, 0.05) is 29.9 Å². The highest BCUT2D eigenvalue weighted by Gasteiger charge is 2.15. The molecule has 0 aliphatic carbocycles. The average molecular weight is 275 g/mol. The molecule has 106 valence electrons. The number of non-ortho nitro benzene ring substituents is 1. The Morgan fingerprint density at radius 3 is 2.95 bits per heavy atom. The molecule has 1 atom stereocenters. The number of hydrogen-bond donors (Lipinski definition) is 2. The molecule has 0 aliphatic rings. The van der Waals surface area contributed by atoms with Crippen molar-refractivity contribution in [3.05, 3.63) is 40.6 Å². The average Bonchev–Trinajstić information content (AvgIpc) is 2.44. The fraction of sp³-hybridized carbons (Fsp3) is 0.357. The van der Waals surface area contributed by atoms with Gasteiger partial charge in [-0.1, -0.05) is 13.3 Å². The summed E-state index contributed by atoms with van der Waals surface area (Å²) in [5.74, 6) is 0. The van der Waals surface area contributed by atoms with Crippen molar-refractivity contribution in [1.29, 1.82) is 0 Å². The fourth-order valence-corrected chi connectivity index (χ4v) is 2.12. The van der Waals surface area contributed by atoms with E-state index < -0.39 is 11.0 Å². The van der Waals surface area contributed by atoms with E-state index in [2.05, 4.69) is 10.3 Å². The minimum Gasteiger partial charge on any atom is -0.391 e. The smallest absolute Gasteiger partial charge is 0.295 e. The predicted molar refractivity (Wildman–Crippen MR) is 77.8 cm³/mol. The van der Waals surface area contributed by atoms with Crippen molar-refractivity contribution in [2.24, 2.45) is 0 Å². The third-order valence-electron chi connectivity index (χ3n) is 3.10. The van der Waals surface area contributed by atoms with Crippen molar-refractivity contribution >= 4 is 22.3 Å². The first kappa shape index (κ1) is 14.2. The zero-order valence-electron chi connectivity index (χ0n) is 11.2. The van der Waals surface area contributed by atoms with Gasteiger partial charge < -0.3 is 10.4 Å². The Kier molecular flexibility index (Phi) is 4.47. The van der Waals surface area contributed by atoms with E-state index in [-0.39, 0.29) is 5.69 Å². The van der Waals surface area contributed by atoms with E-state index in [1.807, 2.05) is 6.92 Å². The van der Waals surface area contributed by atoms with Gasteiger partial charge in [0.1, 0.15) is 5.52 Å². The van der Waals surface area contributed by atoms with Crippen molar-refractivity contribution in [1.82, 2.24) is 4.98 Å². The van der Waals surface area contributed by atoms with Gasteiger partial charge in [0.05, 0.1) is 11.0 Å². The molecule has 2 N–H and O–H groups in total. The van der Waals surface area contributed by atoms with Crippen LogP contribution in [0.5, 0.6) is 0 Å². The molecule has 0 saturated heterocycles. The summed E-state index contributed by atoms with van der Waals surface area (Å²) in [5.41, 5.74) is 1.08. The van der Waals surface area contributed by atoms with Crippen molar-refractivity contribution in [3.8, 4) is 0 Å². The molecule has 2 aromatic rings. The second-order valence-electron chi connectivity index (χ2n) is 4.61. The number of benzene rings is 1. The van der Waals surface area contributed by atoms with Crippen LogP contribution in [0.4, 0.5) is 11.4 Å². The Morgan fingerprint density at radius 1 is 1.45 bits per heavy atom. The van der Waals surface area contributed by atoms with Gasteiger partial charge in [-0.2, -0.15) is 0 Å². The van der Waals surface area contributed by atoms with E-state index >= 15 is 0 Å². The molecule has 1 aromatic heterocycles. The lowest BCUT2D eigenvalue weighted by Gasteiger charge is -2.13. The molecule has 0 aliphatic heterocycles. The van der Waals surface area contributed by atoms with Crippen LogP contribution >= 0.6 is 0 Å². The number of anilines is 1. The SMILES string of the molecule is CCCC(O)CNc1ccc([N+](=O)[O-])c2ncccc12. The molecule has 0 spiro atoms. The van der Waals surface area contributed by atoms with Crippen LogP contribution in [0.3, 0.4) is 0 Å². The first-order valence-electron chi connectivity index (χ1n) is 6.57. The number of nitro groups is 1. The molecule has 0 amide bonds. The lowest BCUT2D eigenvalue weighted by Crippen LogP contribution is -2.19. The van der Waals surface area contributed by atoms with E-state index in [4.69, 9.17) is 0 Å². The van der Waals surface area contributed by atoms with E-state index in [0.717, 1.165) is 18.5 Å². The molecule has 20 heavy (non-hydrogen) atoms. The van der Waals surface area contributed by atoms with Gasteiger partial charge in [-0.25, -0.2) is 4.98 Å². The van der Waals surface area contributed by atoms with Crippen LogP contribution in [0.2, 0.25) is 0 Å². The highest BCUT2D eigenvalue weighted by atomic mass is 16.6. The molecule has 1 unspecified atom stereocenters. The van der Waals surface area contributed by atoms with Gasteiger partial charge in [-0.05, 0) is 24.6 Å². The standard InChI is InChI=1S/C14H17N3O3/c1-2-4-10(18)9-16-12-6-7-13(17(19)20)14-11(12)5-3-8-15-14/h3,5-8,10,16,18H,2,4,9H2,1H3. The topological polar surface area (TPSA) is 88.3 Å². The zero-order chi connectivity index (χ0) is 14.5. The molecule has 1 aromatic carbocycles. The first-order valence-corrected chi connectivity index (χ1v) is 6.57. The van der Waals surface area contributed by atoms with E-state index in [1.54, 1.807) is 18.2 Å². The minimum absolute atomic E-state index is 0.0137. The number of nitrogens with zero attached hydrogens (tertiary/aromatic N) is 2. The van der Waals surface area contributed by atoms with Gasteiger partial charge in [0.2, 0.25) is 0 Å². The summed E-state index contributed by atoms with van der Waals surface area (Å²) in [6, 6.07) is 6.61. The maximum Gasteiger partial charge on any atom is 0.295 e. The maximum atomic E-state index is 11.0. The summed E-state index contributed by atoms with van der Waals surface area (Å²) in [5, 5.41) is 24.5. The Bertz CT molecular complexity index is 616. The normalized spacial score (nSPS) is 12.3. The molecule has 1 heterocycles. The summed E-state index contributed by atoms with van der Waals surface area (Å²) in [6.45, 7) is 2.42. The highest BCUT2D eigenvalue weighted by Crippen LogP contribution is 2.29. The fourth-order valence-electron chi connectivity index (χ4n) is 2.12. The summed E-state index contributed by atoms with van der Waals surface area (Å²) in [6.07, 6.45) is 2.73. The van der Waals surface area contributed by atoms with Crippen LogP contribution in [0.25, 0.3) is 10.9 Å².